The second kappa shape index (κ2) is 6.71. The number of carbonyl (C=O) groups is 1. The minimum absolute atomic E-state index is 0.0418. The molecule has 0 bridgehead atoms. The van der Waals surface area contributed by atoms with E-state index in [9.17, 15) is 4.79 Å². The maximum atomic E-state index is 12.1. The average Bonchev–Trinajstić information content (AvgIpc) is 2.96. The summed E-state index contributed by atoms with van der Waals surface area (Å²) in [7, 11) is 0. The minimum atomic E-state index is 0.0418. The first-order valence-electron chi connectivity index (χ1n) is 7.48. The van der Waals surface area contributed by atoms with Gasteiger partial charge in [0, 0.05) is 18.5 Å². The van der Waals surface area contributed by atoms with Crippen LogP contribution < -0.4 is 5.32 Å². The number of rotatable bonds is 5. The highest BCUT2D eigenvalue weighted by Crippen LogP contribution is 2.22. The number of hydrogen-bond donors (Lipinski definition) is 1. The minimum Gasteiger partial charge on any atom is -0.326 e. The van der Waals surface area contributed by atoms with Crippen molar-refractivity contribution in [2.24, 2.45) is 0 Å². The van der Waals surface area contributed by atoms with Crippen LogP contribution in [-0.4, -0.2) is 10.9 Å². The van der Waals surface area contributed by atoms with Gasteiger partial charge in [-0.2, -0.15) is 0 Å². The van der Waals surface area contributed by atoms with E-state index >= 15 is 0 Å². The van der Waals surface area contributed by atoms with Crippen LogP contribution in [0, 0.1) is 0 Å². The number of thiazole rings is 1. The van der Waals surface area contributed by atoms with Gasteiger partial charge in [0.15, 0.2) is 0 Å². The van der Waals surface area contributed by atoms with Gasteiger partial charge in [0.2, 0.25) is 5.91 Å². The molecule has 0 aliphatic heterocycles. The molecule has 0 unspecified atom stereocenters. The number of aromatic nitrogens is 1. The summed E-state index contributed by atoms with van der Waals surface area (Å²) in [6, 6.07) is 16.0. The van der Waals surface area contributed by atoms with Gasteiger partial charge in [0.1, 0.15) is 0 Å². The van der Waals surface area contributed by atoms with E-state index in [1.165, 1.54) is 4.70 Å². The van der Waals surface area contributed by atoms with Crippen LogP contribution >= 0.6 is 11.3 Å². The molecule has 0 saturated heterocycles. The number of fused-ring (bicyclic) bond motifs is 1. The molecule has 112 valence electrons. The fourth-order valence-electron chi connectivity index (χ4n) is 2.41. The number of nitrogens with zero attached hydrogens (tertiary/aromatic N) is 1. The average molecular weight is 310 g/mol. The molecule has 3 rings (SSSR count). The van der Waals surface area contributed by atoms with E-state index in [4.69, 9.17) is 0 Å². The number of anilines is 1. The molecule has 0 atom stereocenters. The fourth-order valence-corrected chi connectivity index (χ4v) is 3.38. The third kappa shape index (κ3) is 3.34. The number of benzene rings is 2. The summed E-state index contributed by atoms with van der Waals surface area (Å²) < 4.78 is 1.18. The van der Waals surface area contributed by atoms with E-state index in [1.807, 2.05) is 42.5 Å². The van der Waals surface area contributed by atoms with Crippen molar-refractivity contribution in [1.29, 1.82) is 0 Å². The van der Waals surface area contributed by atoms with Gasteiger partial charge in [0.05, 0.1) is 15.2 Å². The van der Waals surface area contributed by atoms with Crippen LogP contribution in [0.4, 0.5) is 5.69 Å². The highest BCUT2D eigenvalue weighted by atomic mass is 32.1. The topological polar surface area (TPSA) is 42.0 Å². The van der Waals surface area contributed by atoms with E-state index < -0.39 is 0 Å². The molecule has 1 aromatic heterocycles. The Hall–Kier alpha value is -2.20. The number of nitrogens with one attached hydrogen (secondary N) is 1. The first kappa shape index (κ1) is 14.7. The van der Waals surface area contributed by atoms with E-state index in [0.717, 1.165) is 28.2 Å². The fraction of sp³-hybridized carbons (Fsp3) is 0.222. The first-order valence-corrected chi connectivity index (χ1v) is 8.30. The Morgan fingerprint density at radius 2 is 1.91 bits per heavy atom. The zero-order valence-electron chi connectivity index (χ0n) is 12.5. The molecule has 2 aromatic carbocycles. The van der Waals surface area contributed by atoms with E-state index in [1.54, 1.807) is 11.3 Å². The van der Waals surface area contributed by atoms with Crippen LogP contribution in [0.5, 0.6) is 0 Å². The van der Waals surface area contributed by atoms with Crippen LogP contribution in [0.2, 0.25) is 0 Å². The van der Waals surface area contributed by atoms with Crippen molar-refractivity contribution in [2.45, 2.75) is 26.2 Å². The van der Waals surface area contributed by atoms with Crippen LogP contribution in [0.15, 0.2) is 48.5 Å². The molecule has 1 amide bonds. The van der Waals surface area contributed by atoms with Crippen LogP contribution in [0.25, 0.3) is 10.2 Å². The molecule has 3 aromatic rings. The van der Waals surface area contributed by atoms with Gasteiger partial charge in [0.25, 0.3) is 0 Å². The van der Waals surface area contributed by atoms with Crippen molar-refractivity contribution < 1.29 is 4.79 Å². The lowest BCUT2D eigenvalue weighted by Crippen LogP contribution is -2.13. The van der Waals surface area contributed by atoms with Crippen molar-refractivity contribution >= 4 is 33.1 Å². The molecule has 0 aliphatic carbocycles. The third-order valence-corrected chi connectivity index (χ3v) is 4.67. The van der Waals surface area contributed by atoms with Gasteiger partial charge in [-0.3, -0.25) is 4.79 Å². The molecule has 4 heteroatoms. The Bertz CT molecular complexity index is 761. The highest BCUT2D eigenvalue weighted by Gasteiger charge is 2.08. The summed E-state index contributed by atoms with van der Waals surface area (Å²) >= 11 is 1.66. The van der Waals surface area contributed by atoms with E-state index in [2.05, 4.69) is 23.3 Å². The van der Waals surface area contributed by atoms with Gasteiger partial charge in [-0.15, -0.1) is 11.3 Å². The number of para-hydroxylation sites is 2. The van der Waals surface area contributed by atoms with Crippen LogP contribution in [0.1, 0.15) is 23.9 Å². The lowest BCUT2D eigenvalue weighted by molar-refractivity contribution is -0.116. The summed E-state index contributed by atoms with van der Waals surface area (Å²) in [6.45, 7) is 2.09. The van der Waals surface area contributed by atoms with Crippen LogP contribution in [0.3, 0.4) is 0 Å². The SMILES string of the molecule is CCc1ccccc1NC(=O)CCc1nc2ccccc2s1. The van der Waals surface area contributed by atoms with Crippen molar-refractivity contribution in [3.63, 3.8) is 0 Å². The molecule has 0 radical (unpaired) electrons. The summed E-state index contributed by atoms with van der Waals surface area (Å²) in [6.07, 6.45) is 2.05. The second-order valence-corrected chi connectivity index (χ2v) is 6.25. The van der Waals surface area contributed by atoms with Gasteiger partial charge in [-0.05, 0) is 30.2 Å². The predicted octanol–water partition coefficient (Wildman–Crippen LogP) is 4.43. The number of carbonyl (C=O) groups excluding carboxylic acids is 1. The molecule has 3 nitrogen and oxygen atoms in total. The van der Waals surface area contributed by atoms with Gasteiger partial charge in [-0.25, -0.2) is 4.98 Å². The highest BCUT2D eigenvalue weighted by molar-refractivity contribution is 7.18. The Morgan fingerprint density at radius 3 is 2.73 bits per heavy atom. The maximum absolute atomic E-state index is 12.1. The lowest BCUT2D eigenvalue weighted by Gasteiger charge is -2.09. The zero-order valence-corrected chi connectivity index (χ0v) is 13.3. The Kier molecular flexibility index (Phi) is 4.49. The molecular weight excluding hydrogens is 292 g/mol. The van der Waals surface area contributed by atoms with E-state index in [-0.39, 0.29) is 5.91 Å². The van der Waals surface area contributed by atoms with Gasteiger partial charge in [-0.1, -0.05) is 37.3 Å². The molecule has 22 heavy (non-hydrogen) atoms. The Balaban J connectivity index is 1.62. The summed E-state index contributed by atoms with van der Waals surface area (Å²) in [4.78, 5) is 16.7. The molecular formula is C18H18N2OS. The van der Waals surface area contributed by atoms with Gasteiger partial charge >= 0.3 is 0 Å². The summed E-state index contributed by atoms with van der Waals surface area (Å²) in [5, 5.41) is 4.02. The number of aryl methyl sites for hydroxylation is 2. The van der Waals surface area contributed by atoms with Crippen molar-refractivity contribution in [3.8, 4) is 0 Å². The van der Waals surface area contributed by atoms with Crippen molar-refractivity contribution in [1.82, 2.24) is 4.98 Å². The van der Waals surface area contributed by atoms with Crippen molar-refractivity contribution in [3.05, 3.63) is 59.1 Å². The number of amides is 1. The number of hydrogen-bond acceptors (Lipinski definition) is 3. The first-order chi connectivity index (χ1) is 10.8. The predicted molar refractivity (Wildman–Crippen MR) is 92.4 cm³/mol. The van der Waals surface area contributed by atoms with Crippen molar-refractivity contribution in [2.75, 3.05) is 5.32 Å². The summed E-state index contributed by atoms with van der Waals surface area (Å²) in [5.41, 5.74) is 3.09. The zero-order chi connectivity index (χ0) is 15.4. The molecule has 0 fully saturated rings. The molecule has 1 heterocycles. The lowest BCUT2D eigenvalue weighted by atomic mass is 10.1. The summed E-state index contributed by atoms with van der Waals surface area (Å²) in [5.74, 6) is 0.0418. The third-order valence-electron chi connectivity index (χ3n) is 3.58. The standard InChI is InChI=1S/C18H18N2OS/c1-2-13-7-3-4-8-14(13)19-17(21)11-12-18-20-15-9-5-6-10-16(15)22-18/h3-10H,2,11-12H2,1H3,(H,19,21). The molecule has 0 aliphatic rings. The smallest absolute Gasteiger partial charge is 0.224 e. The molecule has 0 spiro atoms. The normalized spacial score (nSPS) is 10.8. The van der Waals surface area contributed by atoms with Gasteiger partial charge < -0.3 is 5.32 Å². The molecule has 0 saturated carbocycles. The largest absolute Gasteiger partial charge is 0.326 e. The second-order valence-electron chi connectivity index (χ2n) is 5.13. The van der Waals surface area contributed by atoms with Crippen LogP contribution in [-0.2, 0) is 17.6 Å². The monoisotopic (exact) mass is 310 g/mol. The maximum Gasteiger partial charge on any atom is 0.224 e. The Morgan fingerprint density at radius 1 is 1.14 bits per heavy atom. The van der Waals surface area contributed by atoms with E-state index in [0.29, 0.717) is 12.8 Å². The molecule has 1 N–H and O–H groups in total. The Labute approximate surface area is 134 Å². The quantitative estimate of drug-likeness (QED) is 0.757.